The molecule has 0 saturated carbocycles. The van der Waals surface area contributed by atoms with Gasteiger partial charge in [0.1, 0.15) is 5.75 Å². The Morgan fingerprint density at radius 2 is 1.65 bits per heavy atom. The van der Waals surface area contributed by atoms with E-state index >= 15 is 0 Å². The van der Waals surface area contributed by atoms with Crippen LogP contribution < -0.4 is 4.90 Å². The Bertz CT molecular complexity index is 809. The van der Waals surface area contributed by atoms with Crippen LogP contribution in [0.3, 0.4) is 0 Å². The molecule has 0 unspecified atom stereocenters. The van der Waals surface area contributed by atoms with Gasteiger partial charge in [0.05, 0.1) is 12.7 Å². The summed E-state index contributed by atoms with van der Waals surface area (Å²) in [4.78, 5) is 28.2. The molecule has 6 heteroatoms. The highest BCUT2D eigenvalue weighted by atomic mass is 16.5. The highest BCUT2D eigenvalue weighted by Crippen LogP contribution is 2.23. The molecule has 3 rings (SSSR count). The number of ether oxygens (including phenoxy) is 1. The van der Waals surface area contributed by atoms with Crippen LogP contribution in [0, 0.1) is 6.92 Å². The van der Waals surface area contributed by atoms with Gasteiger partial charge in [-0.05, 0) is 43.3 Å². The molecule has 1 amide bonds. The van der Waals surface area contributed by atoms with Gasteiger partial charge in [0, 0.05) is 43.0 Å². The first kappa shape index (κ1) is 17.8. The molecule has 1 heterocycles. The number of amides is 1. The van der Waals surface area contributed by atoms with E-state index in [9.17, 15) is 14.7 Å². The number of aromatic hydroxyl groups is 1. The smallest absolute Gasteiger partial charge is 0.337 e. The molecule has 0 aromatic heterocycles. The van der Waals surface area contributed by atoms with Gasteiger partial charge in [0.15, 0.2) is 0 Å². The van der Waals surface area contributed by atoms with Crippen molar-refractivity contribution in [1.82, 2.24) is 4.90 Å². The minimum absolute atomic E-state index is 0.0564. The topological polar surface area (TPSA) is 70.1 Å². The molecule has 1 aliphatic rings. The van der Waals surface area contributed by atoms with Crippen molar-refractivity contribution in [2.75, 3.05) is 38.2 Å². The average Bonchev–Trinajstić information content (AvgIpc) is 2.69. The summed E-state index contributed by atoms with van der Waals surface area (Å²) in [6.45, 7) is 4.38. The second kappa shape index (κ2) is 7.47. The van der Waals surface area contributed by atoms with E-state index in [2.05, 4.69) is 4.90 Å². The molecule has 26 heavy (non-hydrogen) atoms. The second-order valence-electron chi connectivity index (χ2n) is 6.27. The maximum absolute atomic E-state index is 12.7. The summed E-state index contributed by atoms with van der Waals surface area (Å²) in [6, 6.07) is 12.3. The molecule has 1 aliphatic heterocycles. The van der Waals surface area contributed by atoms with Gasteiger partial charge in [-0.2, -0.15) is 0 Å². The number of anilines is 1. The van der Waals surface area contributed by atoms with Crippen molar-refractivity contribution in [2.24, 2.45) is 0 Å². The van der Waals surface area contributed by atoms with Crippen molar-refractivity contribution < 1.29 is 19.4 Å². The van der Waals surface area contributed by atoms with Crippen molar-refractivity contribution in [3.05, 3.63) is 59.2 Å². The summed E-state index contributed by atoms with van der Waals surface area (Å²) in [7, 11) is 1.36. The predicted molar refractivity (Wildman–Crippen MR) is 98.7 cm³/mol. The number of carbonyl (C=O) groups is 2. The number of esters is 1. The second-order valence-corrected chi connectivity index (χ2v) is 6.27. The van der Waals surface area contributed by atoms with Crippen LogP contribution in [-0.2, 0) is 4.74 Å². The van der Waals surface area contributed by atoms with Gasteiger partial charge in [-0.15, -0.1) is 0 Å². The lowest BCUT2D eigenvalue weighted by molar-refractivity contribution is 0.0600. The van der Waals surface area contributed by atoms with Crippen LogP contribution >= 0.6 is 0 Å². The highest BCUT2D eigenvalue weighted by Gasteiger charge is 2.24. The summed E-state index contributed by atoms with van der Waals surface area (Å²) < 4.78 is 4.71. The SMILES string of the molecule is COC(=O)c1ccc(N2CCN(C(=O)c3cccc(O)c3C)CC2)cc1. The molecule has 0 radical (unpaired) electrons. The maximum Gasteiger partial charge on any atom is 0.337 e. The molecule has 1 N–H and O–H groups in total. The zero-order valence-corrected chi connectivity index (χ0v) is 14.9. The van der Waals surface area contributed by atoms with Crippen LogP contribution in [0.25, 0.3) is 0 Å². The van der Waals surface area contributed by atoms with E-state index in [4.69, 9.17) is 4.74 Å². The van der Waals surface area contributed by atoms with E-state index in [1.807, 2.05) is 12.1 Å². The standard InChI is InChI=1S/C20H22N2O4/c1-14-17(4-3-5-18(14)23)19(24)22-12-10-21(11-13-22)16-8-6-15(7-9-16)20(25)26-2/h3-9,23H,10-13H2,1-2H3. The summed E-state index contributed by atoms with van der Waals surface area (Å²) >= 11 is 0. The Balaban J connectivity index is 1.64. The van der Waals surface area contributed by atoms with E-state index in [-0.39, 0.29) is 17.6 Å². The third-order valence-corrected chi connectivity index (χ3v) is 4.76. The molecular weight excluding hydrogens is 332 g/mol. The number of methoxy groups -OCH3 is 1. The minimum atomic E-state index is -0.353. The van der Waals surface area contributed by atoms with Crippen LogP contribution in [0.15, 0.2) is 42.5 Å². The van der Waals surface area contributed by atoms with Crippen LogP contribution in [0.2, 0.25) is 0 Å². The van der Waals surface area contributed by atoms with Gasteiger partial charge in [0.2, 0.25) is 0 Å². The third kappa shape index (κ3) is 3.49. The summed E-state index contributed by atoms with van der Waals surface area (Å²) in [6.07, 6.45) is 0. The molecule has 0 aliphatic carbocycles. The largest absolute Gasteiger partial charge is 0.508 e. The number of phenolic OH excluding ortho intramolecular Hbond substituents is 1. The monoisotopic (exact) mass is 354 g/mol. The maximum atomic E-state index is 12.7. The molecule has 1 saturated heterocycles. The molecular formula is C20H22N2O4. The number of hydrogen-bond donors (Lipinski definition) is 1. The van der Waals surface area contributed by atoms with Crippen molar-refractivity contribution >= 4 is 17.6 Å². The number of nitrogens with zero attached hydrogens (tertiary/aromatic N) is 2. The number of phenols is 1. The summed E-state index contributed by atoms with van der Waals surface area (Å²) in [5.41, 5.74) is 2.68. The number of benzene rings is 2. The fourth-order valence-electron chi connectivity index (χ4n) is 3.12. The summed E-state index contributed by atoms with van der Waals surface area (Å²) in [5, 5.41) is 9.81. The molecule has 136 valence electrons. The van der Waals surface area contributed by atoms with E-state index in [0.717, 1.165) is 5.69 Å². The first-order valence-corrected chi connectivity index (χ1v) is 8.52. The van der Waals surface area contributed by atoms with Crippen LogP contribution in [0.4, 0.5) is 5.69 Å². The average molecular weight is 354 g/mol. The van der Waals surface area contributed by atoms with Gasteiger partial charge in [0.25, 0.3) is 5.91 Å². The highest BCUT2D eigenvalue weighted by molar-refractivity contribution is 5.96. The Hall–Kier alpha value is -3.02. The lowest BCUT2D eigenvalue weighted by Gasteiger charge is -2.36. The fraction of sp³-hybridized carbons (Fsp3) is 0.300. The Morgan fingerprint density at radius 3 is 2.27 bits per heavy atom. The number of piperazine rings is 1. The first-order valence-electron chi connectivity index (χ1n) is 8.52. The van der Waals surface area contributed by atoms with Gasteiger partial charge in [-0.1, -0.05) is 6.07 Å². The van der Waals surface area contributed by atoms with Crippen LogP contribution in [0.1, 0.15) is 26.3 Å². The van der Waals surface area contributed by atoms with Crippen LogP contribution in [0.5, 0.6) is 5.75 Å². The van der Waals surface area contributed by atoms with Gasteiger partial charge in [-0.3, -0.25) is 4.79 Å². The Morgan fingerprint density at radius 1 is 1.00 bits per heavy atom. The molecule has 2 aromatic rings. The van der Waals surface area contributed by atoms with Crippen molar-refractivity contribution in [2.45, 2.75) is 6.92 Å². The molecule has 2 aromatic carbocycles. The van der Waals surface area contributed by atoms with E-state index in [1.54, 1.807) is 42.2 Å². The van der Waals surface area contributed by atoms with Crippen molar-refractivity contribution in [1.29, 1.82) is 0 Å². The summed E-state index contributed by atoms with van der Waals surface area (Å²) in [5.74, 6) is -0.271. The van der Waals surface area contributed by atoms with E-state index in [0.29, 0.717) is 42.9 Å². The molecule has 1 fully saturated rings. The normalized spacial score (nSPS) is 14.2. The lowest BCUT2D eigenvalue weighted by Crippen LogP contribution is -2.48. The van der Waals surface area contributed by atoms with E-state index in [1.165, 1.54) is 7.11 Å². The molecule has 0 atom stereocenters. The quantitative estimate of drug-likeness (QED) is 0.858. The van der Waals surface area contributed by atoms with Gasteiger partial charge >= 0.3 is 5.97 Å². The number of hydrogen-bond acceptors (Lipinski definition) is 5. The Kier molecular flexibility index (Phi) is 5.11. The molecule has 0 spiro atoms. The molecule has 6 nitrogen and oxygen atoms in total. The fourth-order valence-corrected chi connectivity index (χ4v) is 3.12. The van der Waals surface area contributed by atoms with Crippen molar-refractivity contribution in [3.63, 3.8) is 0 Å². The zero-order chi connectivity index (χ0) is 18.7. The first-order chi connectivity index (χ1) is 12.5. The zero-order valence-electron chi connectivity index (χ0n) is 14.9. The van der Waals surface area contributed by atoms with Gasteiger partial charge < -0.3 is 19.6 Å². The molecule has 0 bridgehead atoms. The van der Waals surface area contributed by atoms with Gasteiger partial charge in [-0.25, -0.2) is 4.79 Å². The Labute approximate surface area is 152 Å². The van der Waals surface area contributed by atoms with Crippen molar-refractivity contribution in [3.8, 4) is 5.75 Å². The van der Waals surface area contributed by atoms with Crippen LogP contribution in [-0.4, -0.2) is 55.2 Å². The number of rotatable bonds is 3. The predicted octanol–water partition coefficient (Wildman–Crippen LogP) is 2.45. The lowest BCUT2D eigenvalue weighted by atomic mass is 10.1. The van der Waals surface area contributed by atoms with E-state index < -0.39 is 0 Å². The number of carbonyl (C=O) groups excluding carboxylic acids is 2. The third-order valence-electron chi connectivity index (χ3n) is 4.76. The minimum Gasteiger partial charge on any atom is -0.508 e.